The number of amides is 1. The second kappa shape index (κ2) is 6.64. The van der Waals surface area contributed by atoms with Crippen LogP contribution < -0.4 is 10.9 Å². The number of hydrogen-bond acceptors (Lipinski definition) is 3. The quantitative estimate of drug-likeness (QED) is 0.937. The molecule has 2 aromatic rings. The third-order valence-corrected chi connectivity index (χ3v) is 3.22. The SMILES string of the molecule is C[C@H](NC(=O)Cn1cccc(C(F)(F)F)c1=O)c1ccncc1. The highest BCUT2D eigenvalue weighted by Crippen LogP contribution is 2.25. The molecular weight excluding hydrogens is 311 g/mol. The fourth-order valence-corrected chi connectivity index (χ4v) is 2.05. The smallest absolute Gasteiger partial charge is 0.348 e. The monoisotopic (exact) mass is 325 g/mol. The van der Waals surface area contributed by atoms with Gasteiger partial charge in [0.15, 0.2) is 0 Å². The summed E-state index contributed by atoms with van der Waals surface area (Å²) in [5.41, 5.74) is -1.74. The molecule has 122 valence electrons. The molecule has 5 nitrogen and oxygen atoms in total. The maximum Gasteiger partial charge on any atom is 0.421 e. The van der Waals surface area contributed by atoms with E-state index in [-0.39, 0.29) is 6.04 Å². The Morgan fingerprint density at radius 3 is 2.57 bits per heavy atom. The van der Waals surface area contributed by atoms with Crippen molar-refractivity contribution in [3.63, 3.8) is 0 Å². The van der Waals surface area contributed by atoms with Crippen LogP contribution in [0.5, 0.6) is 0 Å². The summed E-state index contributed by atoms with van der Waals surface area (Å²) in [6.45, 7) is 1.24. The maximum atomic E-state index is 12.7. The zero-order valence-corrected chi connectivity index (χ0v) is 12.2. The summed E-state index contributed by atoms with van der Waals surface area (Å²) in [4.78, 5) is 27.6. The molecule has 0 spiro atoms. The third kappa shape index (κ3) is 4.18. The number of carbonyl (C=O) groups excluding carboxylic acids is 1. The molecule has 8 heteroatoms. The lowest BCUT2D eigenvalue weighted by molar-refractivity contribution is -0.139. The highest BCUT2D eigenvalue weighted by atomic mass is 19.4. The topological polar surface area (TPSA) is 64.0 Å². The van der Waals surface area contributed by atoms with Crippen LogP contribution in [0.25, 0.3) is 0 Å². The first kappa shape index (κ1) is 16.7. The molecule has 1 atom stereocenters. The molecule has 0 saturated carbocycles. The van der Waals surface area contributed by atoms with Crippen LogP contribution in [-0.2, 0) is 17.5 Å². The van der Waals surface area contributed by atoms with Crippen molar-refractivity contribution in [2.45, 2.75) is 25.7 Å². The number of pyridine rings is 2. The fraction of sp³-hybridized carbons (Fsp3) is 0.267. The second-order valence-electron chi connectivity index (χ2n) is 4.92. The molecule has 0 bridgehead atoms. The Kier molecular flexibility index (Phi) is 4.83. The van der Waals surface area contributed by atoms with Gasteiger partial charge in [0.2, 0.25) is 5.91 Å². The van der Waals surface area contributed by atoms with Crippen molar-refractivity contribution in [2.75, 3.05) is 0 Å². The first-order valence-electron chi connectivity index (χ1n) is 6.75. The summed E-state index contributed by atoms with van der Waals surface area (Å²) < 4.78 is 38.8. The number of nitrogens with zero attached hydrogens (tertiary/aromatic N) is 2. The van der Waals surface area contributed by atoms with E-state index >= 15 is 0 Å². The van der Waals surface area contributed by atoms with Crippen LogP contribution in [0.15, 0.2) is 47.7 Å². The molecule has 23 heavy (non-hydrogen) atoms. The molecule has 0 aromatic carbocycles. The van der Waals surface area contributed by atoms with Gasteiger partial charge in [0.1, 0.15) is 12.1 Å². The molecule has 1 amide bonds. The van der Waals surface area contributed by atoms with Crippen LogP contribution >= 0.6 is 0 Å². The summed E-state index contributed by atoms with van der Waals surface area (Å²) >= 11 is 0. The van der Waals surface area contributed by atoms with E-state index in [0.29, 0.717) is 6.07 Å². The van der Waals surface area contributed by atoms with Crippen molar-refractivity contribution >= 4 is 5.91 Å². The first-order valence-corrected chi connectivity index (χ1v) is 6.75. The Hall–Kier alpha value is -2.64. The van der Waals surface area contributed by atoms with E-state index in [2.05, 4.69) is 10.3 Å². The van der Waals surface area contributed by atoms with E-state index in [1.165, 1.54) is 0 Å². The normalized spacial score (nSPS) is 12.7. The predicted octanol–water partition coefficient (Wildman–Crippen LogP) is 2.14. The van der Waals surface area contributed by atoms with Gasteiger partial charge in [0, 0.05) is 18.6 Å². The van der Waals surface area contributed by atoms with Crippen LogP contribution in [0.2, 0.25) is 0 Å². The molecule has 1 N–H and O–H groups in total. The average Bonchev–Trinajstić information content (AvgIpc) is 2.49. The molecule has 0 aliphatic heterocycles. The van der Waals surface area contributed by atoms with E-state index in [0.717, 1.165) is 22.4 Å². The number of alkyl halides is 3. The van der Waals surface area contributed by atoms with E-state index < -0.39 is 29.8 Å². The molecular formula is C15H14F3N3O2. The summed E-state index contributed by atoms with van der Waals surface area (Å²) in [5.74, 6) is -0.560. The molecule has 0 aliphatic rings. The minimum absolute atomic E-state index is 0.355. The summed E-state index contributed by atoms with van der Waals surface area (Å²) in [6.07, 6.45) is -0.472. The Balaban J connectivity index is 2.11. The Labute approximate surface area is 129 Å². The number of hydrogen-bond donors (Lipinski definition) is 1. The Bertz CT molecular complexity index is 742. The van der Waals surface area contributed by atoms with E-state index in [1.807, 2.05) is 0 Å². The predicted molar refractivity (Wildman–Crippen MR) is 76.5 cm³/mol. The standard InChI is InChI=1S/C15H14F3N3O2/c1-10(11-4-6-19-7-5-11)20-13(22)9-21-8-2-3-12(14(21)23)15(16,17)18/h2-8,10H,9H2,1H3,(H,20,22)/t10-/m0/s1. The molecule has 0 aliphatic carbocycles. The molecule has 2 aromatic heterocycles. The number of carbonyl (C=O) groups is 1. The van der Waals surface area contributed by atoms with Crippen LogP contribution in [0, 0.1) is 0 Å². The van der Waals surface area contributed by atoms with Gasteiger partial charge in [-0.25, -0.2) is 0 Å². The highest BCUT2D eigenvalue weighted by Gasteiger charge is 2.34. The van der Waals surface area contributed by atoms with Crippen LogP contribution in [0.3, 0.4) is 0 Å². The average molecular weight is 325 g/mol. The molecule has 2 heterocycles. The van der Waals surface area contributed by atoms with Gasteiger partial charge >= 0.3 is 6.18 Å². The van der Waals surface area contributed by atoms with Gasteiger partial charge < -0.3 is 9.88 Å². The van der Waals surface area contributed by atoms with Crippen molar-refractivity contribution in [3.05, 3.63) is 64.3 Å². The molecule has 2 rings (SSSR count). The third-order valence-electron chi connectivity index (χ3n) is 3.22. The lowest BCUT2D eigenvalue weighted by Crippen LogP contribution is -2.35. The van der Waals surface area contributed by atoms with Gasteiger partial charge in [-0.3, -0.25) is 14.6 Å². The summed E-state index contributed by atoms with van der Waals surface area (Å²) in [6, 6.07) is 4.84. The van der Waals surface area contributed by atoms with Gasteiger partial charge in [-0.05, 0) is 36.8 Å². The van der Waals surface area contributed by atoms with Crippen molar-refractivity contribution in [1.29, 1.82) is 0 Å². The molecule has 0 saturated heterocycles. The van der Waals surface area contributed by atoms with Crippen molar-refractivity contribution < 1.29 is 18.0 Å². The van der Waals surface area contributed by atoms with Gasteiger partial charge in [-0.15, -0.1) is 0 Å². The highest BCUT2D eigenvalue weighted by molar-refractivity contribution is 5.76. The van der Waals surface area contributed by atoms with Gasteiger partial charge in [-0.2, -0.15) is 13.2 Å². The van der Waals surface area contributed by atoms with Gasteiger partial charge in [0.05, 0.1) is 6.04 Å². The second-order valence-corrected chi connectivity index (χ2v) is 4.92. The largest absolute Gasteiger partial charge is 0.421 e. The van der Waals surface area contributed by atoms with Crippen molar-refractivity contribution in [3.8, 4) is 0 Å². The molecule has 0 unspecified atom stereocenters. The zero-order valence-electron chi connectivity index (χ0n) is 12.2. The minimum Gasteiger partial charge on any atom is -0.348 e. The van der Waals surface area contributed by atoms with E-state index in [4.69, 9.17) is 0 Å². The van der Waals surface area contributed by atoms with Crippen molar-refractivity contribution in [2.24, 2.45) is 0 Å². The summed E-state index contributed by atoms with van der Waals surface area (Å²) in [7, 11) is 0. The van der Waals surface area contributed by atoms with Crippen LogP contribution in [0.1, 0.15) is 24.1 Å². The molecule has 0 radical (unpaired) electrons. The van der Waals surface area contributed by atoms with Gasteiger partial charge in [-0.1, -0.05) is 0 Å². The first-order chi connectivity index (χ1) is 10.8. The van der Waals surface area contributed by atoms with Gasteiger partial charge in [0.25, 0.3) is 5.56 Å². The van der Waals surface area contributed by atoms with E-state index in [1.54, 1.807) is 31.5 Å². The lowest BCUT2D eigenvalue weighted by Gasteiger charge is -2.15. The zero-order chi connectivity index (χ0) is 17.0. The Morgan fingerprint density at radius 2 is 1.96 bits per heavy atom. The van der Waals surface area contributed by atoms with Crippen molar-refractivity contribution in [1.82, 2.24) is 14.9 Å². The van der Waals surface area contributed by atoms with E-state index in [9.17, 15) is 22.8 Å². The minimum atomic E-state index is -4.75. The number of nitrogens with one attached hydrogen (secondary N) is 1. The number of aromatic nitrogens is 2. The maximum absolute atomic E-state index is 12.7. The fourth-order valence-electron chi connectivity index (χ4n) is 2.05. The van der Waals surface area contributed by atoms with Crippen LogP contribution in [0.4, 0.5) is 13.2 Å². The lowest BCUT2D eigenvalue weighted by atomic mass is 10.1. The summed E-state index contributed by atoms with van der Waals surface area (Å²) in [5, 5.41) is 2.62. The molecule has 0 fully saturated rings. The Morgan fingerprint density at radius 1 is 1.30 bits per heavy atom. The van der Waals surface area contributed by atoms with Crippen LogP contribution in [-0.4, -0.2) is 15.5 Å². The number of rotatable bonds is 4. The number of halogens is 3.